The number of aromatic nitrogens is 3. The number of carbonyl (C=O) groups is 1. The second kappa shape index (κ2) is 6.41. The Labute approximate surface area is 148 Å². The maximum Gasteiger partial charge on any atom is 0.237 e. The first kappa shape index (κ1) is 15.4. The van der Waals surface area contributed by atoms with Crippen molar-refractivity contribution >= 4 is 34.7 Å². The molecule has 0 radical (unpaired) electrons. The Bertz CT molecular complexity index is 873. The number of para-hydroxylation sites is 1. The second-order valence-corrected chi connectivity index (χ2v) is 7.75. The number of benzene rings is 1. The molecule has 5 nitrogen and oxygen atoms in total. The summed E-state index contributed by atoms with van der Waals surface area (Å²) in [6.07, 6.45) is 1.66. The van der Waals surface area contributed by atoms with E-state index in [-0.39, 0.29) is 11.2 Å². The van der Waals surface area contributed by atoms with Crippen molar-refractivity contribution in [2.75, 3.05) is 5.32 Å². The number of thiophene rings is 1. The van der Waals surface area contributed by atoms with Crippen LogP contribution in [0.3, 0.4) is 0 Å². The minimum absolute atomic E-state index is 0.0330. The molecule has 0 saturated carbocycles. The van der Waals surface area contributed by atoms with E-state index in [4.69, 9.17) is 0 Å². The third-order valence-electron chi connectivity index (χ3n) is 4.07. The molecule has 7 heteroatoms. The molecular formula is C17H16N4OS2. The van der Waals surface area contributed by atoms with Gasteiger partial charge in [-0.15, -0.1) is 21.5 Å². The first-order valence-electron chi connectivity index (χ1n) is 7.71. The maximum absolute atomic E-state index is 12.5. The number of nitrogens with one attached hydrogen (secondary N) is 1. The number of aryl methyl sites for hydroxylation is 1. The van der Waals surface area contributed by atoms with Crippen molar-refractivity contribution in [1.82, 2.24) is 14.8 Å². The van der Waals surface area contributed by atoms with Gasteiger partial charge >= 0.3 is 0 Å². The highest BCUT2D eigenvalue weighted by Crippen LogP contribution is 2.32. The van der Waals surface area contributed by atoms with E-state index in [9.17, 15) is 4.79 Å². The van der Waals surface area contributed by atoms with Crippen LogP contribution in [0.15, 0.2) is 46.9 Å². The minimum atomic E-state index is -0.170. The van der Waals surface area contributed by atoms with Crippen LogP contribution in [0.4, 0.5) is 5.69 Å². The van der Waals surface area contributed by atoms with Crippen LogP contribution < -0.4 is 5.32 Å². The summed E-state index contributed by atoms with van der Waals surface area (Å²) < 4.78 is 1.96. The molecule has 122 valence electrons. The van der Waals surface area contributed by atoms with Gasteiger partial charge < -0.3 is 9.88 Å². The van der Waals surface area contributed by atoms with Gasteiger partial charge in [0.2, 0.25) is 5.91 Å². The van der Waals surface area contributed by atoms with E-state index in [1.165, 1.54) is 17.3 Å². The van der Waals surface area contributed by atoms with Crippen LogP contribution >= 0.6 is 23.1 Å². The molecule has 0 spiro atoms. The molecule has 0 bridgehead atoms. The number of anilines is 1. The predicted octanol–water partition coefficient (Wildman–Crippen LogP) is 3.59. The molecule has 3 heterocycles. The molecule has 4 rings (SSSR count). The van der Waals surface area contributed by atoms with Gasteiger partial charge in [-0.05, 0) is 35.9 Å². The Morgan fingerprint density at radius 2 is 2.12 bits per heavy atom. The van der Waals surface area contributed by atoms with Crippen molar-refractivity contribution in [3.05, 3.63) is 47.3 Å². The predicted molar refractivity (Wildman–Crippen MR) is 97.4 cm³/mol. The lowest BCUT2D eigenvalue weighted by molar-refractivity contribution is -0.115. The number of amides is 1. The van der Waals surface area contributed by atoms with Crippen molar-refractivity contribution in [3.63, 3.8) is 0 Å². The van der Waals surface area contributed by atoms with Gasteiger partial charge in [-0.3, -0.25) is 4.79 Å². The van der Waals surface area contributed by atoms with E-state index in [0.29, 0.717) is 0 Å². The zero-order valence-electron chi connectivity index (χ0n) is 13.1. The molecule has 1 atom stereocenters. The normalized spacial score (nSPS) is 17.2. The highest BCUT2D eigenvalue weighted by atomic mass is 32.2. The zero-order chi connectivity index (χ0) is 16.5. The highest BCUT2D eigenvalue weighted by Gasteiger charge is 2.26. The number of nitrogens with zero attached hydrogens (tertiary/aromatic N) is 3. The molecule has 0 fully saturated rings. The van der Waals surface area contributed by atoms with Crippen molar-refractivity contribution in [3.8, 4) is 10.7 Å². The van der Waals surface area contributed by atoms with Crippen LogP contribution in [0, 0.1) is 0 Å². The lowest BCUT2D eigenvalue weighted by Crippen LogP contribution is -2.24. The molecule has 3 aromatic rings. The Kier molecular flexibility index (Phi) is 4.12. The summed E-state index contributed by atoms with van der Waals surface area (Å²) in [5.74, 6) is 0.871. The summed E-state index contributed by atoms with van der Waals surface area (Å²) in [6.45, 7) is 0. The maximum atomic E-state index is 12.5. The molecule has 0 aliphatic carbocycles. The van der Waals surface area contributed by atoms with Gasteiger partial charge in [-0.25, -0.2) is 0 Å². The molecular weight excluding hydrogens is 340 g/mol. The van der Waals surface area contributed by atoms with Crippen LogP contribution in [0.25, 0.3) is 10.7 Å². The SMILES string of the molecule is Cn1c(S[C@@H]2CCc3ccccc3NC2=O)nnc1-c1cccs1. The van der Waals surface area contributed by atoms with Gasteiger partial charge in [0, 0.05) is 12.7 Å². The number of fused-ring (bicyclic) bond motifs is 1. The summed E-state index contributed by atoms with van der Waals surface area (Å²) in [5.41, 5.74) is 2.11. The van der Waals surface area contributed by atoms with Crippen molar-refractivity contribution in [2.45, 2.75) is 23.2 Å². The van der Waals surface area contributed by atoms with Gasteiger partial charge in [0.15, 0.2) is 11.0 Å². The van der Waals surface area contributed by atoms with E-state index >= 15 is 0 Å². The lowest BCUT2D eigenvalue weighted by Gasteiger charge is -2.12. The Balaban J connectivity index is 1.55. The number of hydrogen-bond acceptors (Lipinski definition) is 5. The quantitative estimate of drug-likeness (QED) is 0.779. The van der Waals surface area contributed by atoms with Gasteiger partial charge in [-0.1, -0.05) is 36.0 Å². The van der Waals surface area contributed by atoms with Crippen LogP contribution in [-0.2, 0) is 18.3 Å². The third-order valence-corrected chi connectivity index (χ3v) is 6.23. The van der Waals surface area contributed by atoms with Gasteiger partial charge in [0.05, 0.1) is 10.1 Å². The molecule has 1 aliphatic heterocycles. The third kappa shape index (κ3) is 2.85. The number of hydrogen-bond donors (Lipinski definition) is 1. The fourth-order valence-corrected chi connectivity index (χ4v) is 4.50. The Morgan fingerprint density at radius 1 is 1.25 bits per heavy atom. The second-order valence-electron chi connectivity index (χ2n) is 5.63. The summed E-state index contributed by atoms with van der Waals surface area (Å²) in [4.78, 5) is 13.6. The van der Waals surface area contributed by atoms with Crippen molar-refractivity contribution < 1.29 is 4.79 Å². The molecule has 1 aliphatic rings. The van der Waals surface area contributed by atoms with E-state index < -0.39 is 0 Å². The van der Waals surface area contributed by atoms with Crippen LogP contribution in [0.5, 0.6) is 0 Å². The zero-order valence-corrected chi connectivity index (χ0v) is 14.7. The van der Waals surface area contributed by atoms with Crippen LogP contribution in [-0.4, -0.2) is 25.9 Å². The smallest absolute Gasteiger partial charge is 0.237 e. The first-order chi connectivity index (χ1) is 11.7. The molecule has 1 amide bonds. The molecule has 2 aromatic heterocycles. The average Bonchev–Trinajstić information content (AvgIpc) is 3.19. The van der Waals surface area contributed by atoms with Gasteiger partial charge in [0.25, 0.3) is 0 Å². The highest BCUT2D eigenvalue weighted by molar-refractivity contribution is 8.00. The summed E-state index contributed by atoms with van der Waals surface area (Å²) in [5, 5.41) is 14.2. The van der Waals surface area contributed by atoms with E-state index in [1.807, 2.05) is 47.3 Å². The summed E-state index contributed by atoms with van der Waals surface area (Å²) >= 11 is 3.12. The standard InChI is InChI=1S/C17H16N4OS2/c1-21-15(13-7-4-10-23-13)19-20-17(21)24-14-9-8-11-5-2-3-6-12(11)18-16(14)22/h2-7,10,14H,8-9H2,1H3,(H,18,22)/t14-/m1/s1. The van der Waals surface area contributed by atoms with Crippen LogP contribution in [0.1, 0.15) is 12.0 Å². The molecule has 1 N–H and O–H groups in total. The monoisotopic (exact) mass is 356 g/mol. The molecule has 24 heavy (non-hydrogen) atoms. The Morgan fingerprint density at radius 3 is 2.96 bits per heavy atom. The topological polar surface area (TPSA) is 59.8 Å². The molecule has 0 saturated heterocycles. The largest absolute Gasteiger partial charge is 0.325 e. The van der Waals surface area contributed by atoms with E-state index in [2.05, 4.69) is 21.6 Å². The summed E-state index contributed by atoms with van der Waals surface area (Å²) in [7, 11) is 1.95. The average molecular weight is 356 g/mol. The first-order valence-corrected chi connectivity index (χ1v) is 9.47. The van der Waals surface area contributed by atoms with Gasteiger partial charge in [-0.2, -0.15) is 0 Å². The lowest BCUT2D eigenvalue weighted by atomic mass is 10.1. The number of carbonyl (C=O) groups excluding carboxylic acids is 1. The van der Waals surface area contributed by atoms with Gasteiger partial charge in [0.1, 0.15) is 0 Å². The number of rotatable bonds is 3. The molecule has 1 aromatic carbocycles. The summed E-state index contributed by atoms with van der Waals surface area (Å²) in [6, 6.07) is 12.0. The van der Waals surface area contributed by atoms with E-state index in [0.717, 1.165) is 34.4 Å². The van der Waals surface area contributed by atoms with E-state index in [1.54, 1.807) is 11.3 Å². The minimum Gasteiger partial charge on any atom is -0.325 e. The molecule has 0 unspecified atom stereocenters. The Hall–Kier alpha value is -2.12. The fraction of sp³-hybridized carbons (Fsp3) is 0.235. The number of thioether (sulfide) groups is 1. The van der Waals surface area contributed by atoms with Crippen LogP contribution in [0.2, 0.25) is 0 Å². The van der Waals surface area contributed by atoms with Crippen molar-refractivity contribution in [1.29, 1.82) is 0 Å². The van der Waals surface area contributed by atoms with Crippen molar-refractivity contribution in [2.24, 2.45) is 7.05 Å². The fourth-order valence-electron chi connectivity index (χ4n) is 2.77.